The molecule has 116 valence electrons. The van der Waals surface area contributed by atoms with Gasteiger partial charge >= 0.3 is 0 Å². The fourth-order valence-electron chi connectivity index (χ4n) is 2.15. The van der Waals surface area contributed by atoms with Crippen LogP contribution in [0.3, 0.4) is 0 Å². The summed E-state index contributed by atoms with van der Waals surface area (Å²) in [6.45, 7) is 0. The third-order valence-electron chi connectivity index (χ3n) is 3.17. The fourth-order valence-corrected chi connectivity index (χ4v) is 2.15. The number of guanidine groups is 1. The predicted octanol–water partition coefficient (Wildman–Crippen LogP) is 2.22. The molecule has 0 aliphatic carbocycles. The second-order valence-corrected chi connectivity index (χ2v) is 4.77. The Labute approximate surface area is 138 Å². The summed E-state index contributed by atoms with van der Waals surface area (Å²) in [5.74, 6) is -0.0143. The lowest BCUT2D eigenvalue weighted by Crippen LogP contribution is -2.26. The third-order valence-corrected chi connectivity index (χ3v) is 3.17. The number of benzene rings is 2. The van der Waals surface area contributed by atoms with Crippen molar-refractivity contribution in [1.29, 1.82) is 5.26 Å². The zero-order valence-electron chi connectivity index (χ0n) is 12.6. The van der Waals surface area contributed by atoms with E-state index in [4.69, 9.17) is 11.0 Å². The first-order chi connectivity index (χ1) is 11.8. The first kappa shape index (κ1) is 15.1. The zero-order chi connectivity index (χ0) is 16.8. The Kier molecular flexibility index (Phi) is 4.40. The van der Waals surface area contributed by atoms with Gasteiger partial charge in [0.15, 0.2) is 6.19 Å². The lowest BCUT2D eigenvalue weighted by atomic mass is 10.0. The van der Waals surface area contributed by atoms with Crippen LogP contribution < -0.4 is 11.1 Å². The van der Waals surface area contributed by atoms with Crippen molar-refractivity contribution < 1.29 is 0 Å². The Morgan fingerprint density at radius 2 is 1.50 bits per heavy atom. The van der Waals surface area contributed by atoms with Crippen LogP contribution in [0.1, 0.15) is 0 Å². The Balaban J connectivity index is 2.14. The normalized spacial score (nSPS) is 10.9. The maximum Gasteiger partial charge on any atom is 0.272 e. The van der Waals surface area contributed by atoms with Gasteiger partial charge in [-0.1, -0.05) is 60.7 Å². The molecule has 0 unspecified atom stereocenters. The van der Waals surface area contributed by atoms with Crippen molar-refractivity contribution in [1.82, 2.24) is 20.5 Å². The summed E-state index contributed by atoms with van der Waals surface area (Å²) in [5.41, 5.74) is 8.63. The number of nitrogens with two attached hydrogens (primary N) is 1. The van der Waals surface area contributed by atoms with E-state index in [1.165, 1.54) is 0 Å². The van der Waals surface area contributed by atoms with Crippen LogP contribution in [0, 0.1) is 11.5 Å². The van der Waals surface area contributed by atoms with E-state index in [1.807, 2.05) is 60.7 Å². The van der Waals surface area contributed by atoms with Crippen molar-refractivity contribution in [2.75, 3.05) is 0 Å². The van der Waals surface area contributed by atoms with Crippen LogP contribution in [-0.4, -0.2) is 21.1 Å². The molecule has 0 spiro atoms. The van der Waals surface area contributed by atoms with Gasteiger partial charge in [-0.15, -0.1) is 10.2 Å². The highest BCUT2D eigenvalue weighted by Crippen LogP contribution is 2.29. The molecular weight excluding hydrogens is 302 g/mol. The van der Waals surface area contributed by atoms with Crippen molar-refractivity contribution in [2.45, 2.75) is 0 Å². The number of rotatable bonds is 3. The lowest BCUT2D eigenvalue weighted by molar-refractivity contribution is 0.969. The summed E-state index contributed by atoms with van der Waals surface area (Å²) in [6.07, 6.45) is 1.69. The van der Waals surface area contributed by atoms with Gasteiger partial charge in [0.05, 0.1) is 0 Å². The molecule has 24 heavy (non-hydrogen) atoms. The largest absolute Gasteiger partial charge is 0.369 e. The minimum Gasteiger partial charge on any atom is -0.369 e. The third kappa shape index (κ3) is 3.34. The van der Waals surface area contributed by atoms with Gasteiger partial charge in [0.1, 0.15) is 11.4 Å². The number of nitrogens with zero attached hydrogens (tertiary/aromatic N) is 5. The molecule has 0 radical (unpaired) electrons. The maximum atomic E-state index is 8.56. The van der Waals surface area contributed by atoms with Crippen molar-refractivity contribution in [2.24, 2.45) is 10.7 Å². The first-order valence-corrected chi connectivity index (χ1v) is 7.13. The van der Waals surface area contributed by atoms with E-state index >= 15 is 0 Å². The quantitative estimate of drug-likeness (QED) is 0.331. The van der Waals surface area contributed by atoms with Gasteiger partial charge in [-0.05, 0) is 0 Å². The van der Waals surface area contributed by atoms with E-state index in [0.29, 0.717) is 11.4 Å². The molecule has 0 aliphatic rings. The molecule has 3 rings (SSSR count). The number of aliphatic imine (C=N–C) groups is 1. The van der Waals surface area contributed by atoms with Gasteiger partial charge in [-0.3, -0.25) is 5.32 Å². The molecule has 1 heterocycles. The molecule has 1 aromatic heterocycles. The lowest BCUT2D eigenvalue weighted by Gasteiger charge is -2.08. The summed E-state index contributed by atoms with van der Waals surface area (Å²) in [6, 6.07) is 19.3. The summed E-state index contributed by atoms with van der Waals surface area (Å²) >= 11 is 0. The van der Waals surface area contributed by atoms with E-state index in [1.54, 1.807) is 6.19 Å². The summed E-state index contributed by atoms with van der Waals surface area (Å²) < 4.78 is 0. The smallest absolute Gasteiger partial charge is 0.272 e. The summed E-state index contributed by atoms with van der Waals surface area (Å²) in [7, 11) is 0. The van der Waals surface area contributed by atoms with Gasteiger partial charge in [-0.2, -0.15) is 10.3 Å². The van der Waals surface area contributed by atoms with Crippen LogP contribution in [0.5, 0.6) is 0 Å². The Hall–Kier alpha value is -3.79. The van der Waals surface area contributed by atoms with Crippen molar-refractivity contribution in [3.05, 3.63) is 60.7 Å². The number of hydrogen-bond acceptors (Lipinski definition) is 5. The SMILES string of the molecule is N#CN/C(N)=N/c1nnc(-c2ccccc2)c(-c2ccccc2)n1. The summed E-state index contributed by atoms with van der Waals surface area (Å²) in [4.78, 5) is 8.40. The molecule has 2 aromatic carbocycles. The number of hydrogen-bond donors (Lipinski definition) is 2. The second-order valence-electron chi connectivity index (χ2n) is 4.77. The highest BCUT2D eigenvalue weighted by molar-refractivity contribution is 5.82. The molecule has 0 saturated carbocycles. The van der Waals surface area contributed by atoms with Gasteiger partial charge in [-0.25, -0.2) is 4.98 Å². The molecular formula is C17H13N7. The fraction of sp³-hybridized carbons (Fsp3) is 0. The molecule has 0 aliphatic heterocycles. The molecule has 0 fully saturated rings. The van der Waals surface area contributed by atoms with Gasteiger partial charge < -0.3 is 5.73 Å². The second kappa shape index (κ2) is 6.98. The van der Waals surface area contributed by atoms with Crippen LogP contribution in [0.4, 0.5) is 5.95 Å². The Morgan fingerprint density at radius 1 is 0.917 bits per heavy atom. The molecule has 0 amide bonds. The number of aromatic nitrogens is 3. The molecule has 7 heteroatoms. The zero-order valence-corrected chi connectivity index (χ0v) is 12.6. The molecule has 0 bridgehead atoms. The minimum absolute atomic E-state index is 0.0776. The average Bonchev–Trinajstić information content (AvgIpc) is 2.63. The topological polar surface area (TPSA) is 113 Å². The summed E-state index contributed by atoms with van der Waals surface area (Å²) in [5, 5.41) is 19.0. The van der Waals surface area contributed by atoms with E-state index in [2.05, 4.69) is 25.5 Å². The van der Waals surface area contributed by atoms with Crippen molar-refractivity contribution in [3.63, 3.8) is 0 Å². The number of nitriles is 1. The van der Waals surface area contributed by atoms with Crippen molar-refractivity contribution in [3.8, 4) is 28.7 Å². The molecule has 0 atom stereocenters. The van der Waals surface area contributed by atoms with Crippen molar-refractivity contribution >= 4 is 11.9 Å². The average molecular weight is 315 g/mol. The highest BCUT2D eigenvalue weighted by atomic mass is 15.2. The maximum absolute atomic E-state index is 8.56. The van der Waals surface area contributed by atoms with Gasteiger partial charge in [0.2, 0.25) is 5.96 Å². The van der Waals surface area contributed by atoms with E-state index in [-0.39, 0.29) is 11.9 Å². The van der Waals surface area contributed by atoms with Gasteiger partial charge in [0.25, 0.3) is 5.95 Å². The van der Waals surface area contributed by atoms with Crippen LogP contribution in [0.25, 0.3) is 22.5 Å². The van der Waals surface area contributed by atoms with Crippen LogP contribution >= 0.6 is 0 Å². The van der Waals surface area contributed by atoms with E-state index in [0.717, 1.165) is 11.1 Å². The Morgan fingerprint density at radius 3 is 2.08 bits per heavy atom. The molecule has 3 N–H and O–H groups in total. The van der Waals surface area contributed by atoms with Gasteiger partial charge in [0, 0.05) is 11.1 Å². The molecule has 3 aromatic rings. The minimum atomic E-state index is -0.0919. The van der Waals surface area contributed by atoms with Crippen LogP contribution in [0.2, 0.25) is 0 Å². The molecule has 7 nitrogen and oxygen atoms in total. The number of nitrogens with one attached hydrogen (secondary N) is 1. The van der Waals surface area contributed by atoms with Crippen LogP contribution in [0.15, 0.2) is 65.7 Å². The standard InChI is InChI=1S/C17H13N7/c18-11-20-16(19)22-17-21-14(12-7-3-1-4-8-12)15(23-24-17)13-9-5-2-6-10-13/h1-10H,(H3,19,20,21,22,24). The first-order valence-electron chi connectivity index (χ1n) is 7.13. The molecule has 0 saturated heterocycles. The van der Waals surface area contributed by atoms with E-state index < -0.39 is 0 Å². The monoisotopic (exact) mass is 315 g/mol. The predicted molar refractivity (Wildman–Crippen MR) is 90.7 cm³/mol. The van der Waals surface area contributed by atoms with Crippen LogP contribution in [-0.2, 0) is 0 Å². The van der Waals surface area contributed by atoms with E-state index in [9.17, 15) is 0 Å². The highest BCUT2D eigenvalue weighted by Gasteiger charge is 2.13. The Bertz CT molecular complexity index is 899.